The van der Waals surface area contributed by atoms with E-state index in [4.69, 9.17) is 0 Å². The minimum atomic E-state index is -0.836. The van der Waals surface area contributed by atoms with Gasteiger partial charge < -0.3 is 15.0 Å². The number of hydrogen-bond acceptors (Lipinski definition) is 3. The van der Waals surface area contributed by atoms with Crippen LogP contribution in [0.2, 0.25) is 0 Å². The zero-order valence-electron chi connectivity index (χ0n) is 12.9. The highest BCUT2D eigenvalue weighted by atomic mass is 16.4. The normalized spacial score (nSPS) is 12.4. The van der Waals surface area contributed by atoms with E-state index >= 15 is 0 Å². The number of hydrogen-bond donors (Lipinski definition) is 2. The predicted octanol–water partition coefficient (Wildman–Crippen LogP) is 2.30. The van der Waals surface area contributed by atoms with Crippen molar-refractivity contribution in [2.45, 2.75) is 19.0 Å². The lowest BCUT2D eigenvalue weighted by atomic mass is 10.1. The first kappa shape index (κ1) is 15.2. The molecule has 2 heterocycles. The van der Waals surface area contributed by atoms with Crippen LogP contribution in [0, 0.1) is 0 Å². The number of carboxylic acid groups (broad SMARTS) is 1. The van der Waals surface area contributed by atoms with Gasteiger partial charge in [0.1, 0.15) is 6.04 Å². The number of likely N-dealkylation sites (N-methyl/N-ethyl adjacent to an activating group) is 1. The first-order valence-electron chi connectivity index (χ1n) is 7.54. The van der Waals surface area contributed by atoms with Crippen molar-refractivity contribution in [3.63, 3.8) is 0 Å². The Morgan fingerprint density at radius 2 is 2.13 bits per heavy atom. The average molecular weight is 309 g/mol. The Labute approximate surface area is 134 Å². The fraction of sp³-hybridized carbons (Fsp3) is 0.222. The van der Waals surface area contributed by atoms with E-state index in [0.717, 1.165) is 22.0 Å². The summed E-state index contributed by atoms with van der Waals surface area (Å²) >= 11 is 0. The van der Waals surface area contributed by atoms with E-state index in [1.165, 1.54) is 0 Å². The van der Waals surface area contributed by atoms with Crippen LogP contribution in [0.25, 0.3) is 10.9 Å². The smallest absolute Gasteiger partial charge is 0.321 e. The minimum Gasteiger partial charge on any atom is -0.480 e. The molecule has 0 saturated carbocycles. The van der Waals surface area contributed by atoms with Gasteiger partial charge in [0.05, 0.1) is 0 Å². The number of carbonyl (C=O) groups is 1. The molecule has 0 radical (unpaired) electrons. The van der Waals surface area contributed by atoms with Crippen LogP contribution >= 0.6 is 0 Å². The summed E-state index contributed by atoms with van der Waals surface area (Å²) in [5.74, 6) is -0.836. The number of benzene rings is 1. The molecule has 2 aromatic heterocycles. The van der Waals surface area contributed by atoms with Gasteiger partial charge in [-0.25, -0.2) is 0 Å². The van der Waals surface area contributed by atoms with E-state index in [2.05, 4.69) is 20.9 Å². The molecule has 0 aliphatic carbocycles. The van der Waals surface area contributed by atoms with Gasteiger partial charge in [-0.05, 0) is 30.3 Å². The zero-order valence-corrected chi connectivity index (χ0v) is 12.9. The second-order valence-corrected chi connectivity index (χ2v) is 5.54. The minimum absolute atomic E-state index is 0.451. The summed E-state index contributed by atoms with van der Waals surface area (Å²) in [6.07, 6.45) is 6.10. The van der Waals surface area contributed by atoms with Crippen molar-refractivity contribution < 1.29 is 9.90 Å². The van der Waals surface area contributed by atoms with Gasteiger partial charge in [-0.3, -0.25) is 9.78 Å². The van der Waals surface area contributed by atoms with E-state index in [9.17, 15) is 9.90 Å². The molecule has 0 aliphatic rings. The van der Waals surface area contributed by atoms with Crippen LogP contribution in [0.15, 0.2) is 55.0 Å². The number of rotatable bonds is 6. The summed E-state index contributed by atoms with van der Waals surface area (Å²) in [5.41, 5.74) is 3.25. The molecule has 0 aliphatic heterocycles. The maximum absolute atomic E-state index is 11.3. The van der Waals surface area contributed by atoms with Crippen LogP contribution in [-0.4, -0.2) is 33.7 Å². The highest BCUT2D eigenvalue weighted by Crippen LogP contribution is 2.23. The summed E-state index contributed by atoms with van der Waals surface area (Å²) in [6, 6.07) is 11.4. The van der Waals surface area contributed by atoms with Crippen LogP contribution in [-0.2, 0) is 17.8 Å². The number of aliphatic carboxylic acids is 1. The number of pyridine rings is 1. The number of para-hydroxylation sites is 1. The maximum Gasteiger partial charge on any atom is 0.321 e. The molecule has 1 aromatic carbocycles. The van der Waals surface area contributed by atoms with Gasteiger partial charge in [0.15, 0.2) is 0 Å². The summed E-state index contributed by atoms with van der Waals surface area (Å²) in [5, 5.41) is 13.2. The van der Waals surface area contributed by atoms with Crippen LogP contribution in [0.5, 0.6) is 0 Å². The van der Waals surface area contributed by atoms with Gasteiger partial charge in [-0.1, -0.05) is 24.3 Å². The number of fused-ring (bicyclic) bond motifs is 1. The molecule has 1 atom stereocenters. The Bertz CT molecular complexity index is 812. The van der Waals surface area contributed by atoms with Gasteiger partial charge in [0, 0.05) is 42.5 Å². The van der Waals surface area contributed by atoms with Gasteiger partial charge in [0.2, 0.25) is 0 Å². The fourth-order valence-electron chi connectivity index (χ4n) is 2.84. The average Bonchev–Trinajstić information content (AvgIpc) is 2.91. The third kappa shape index (κ3) is 3.24. The Hall–Kier alpha value is -2.66. The second kappa shape index (κ2) is 6.62. The van der Waals surface area contributed by atoms with Crippen molar-refractivity contribution in [3.05, 3.63) is 66.1 Å². The molecule has 2 N–H and O–H groups in total. The summed E-state index contributed by atoms with van der Waals surface area (Å²) in [6.45, 7) is 0.714. The molecule has 0 fully saturated rings. The lowest BCUT2D eigenvalue weighted by molar-refractivity contribution is -0.139. The SMILES string of the molecule is CNC(Cc1cn(Cc2cccnc2)c2ccccc12)C(=O)O. The predicted molar refractivity (Wildman–Crippen MR) is 89.5 cm³/mol. The van der Waals surface area contributed by atoms with E-state index in [1.54, 1.807) is 13.2 Å². The van der Waals surface area contributed by atoms with Gasteiger partial charge in [-0.2, -0.15) is 0 Å². The molecular weight excluding hydrogens is 290 g/mol. The van der Waals surface area contributed by atoms with Crippen molar-refractivity contribution in [3.8, 4) is 0 Å². The zero-order chi connectivity index (χ0) is 16.2. The third-order valence-electron chi connectivity index (χ3n) is 4.02. The fourth-order valence-corrected chi connectivity index (χ4v) is 2.84. The molecule has 3 aromatic rings. The molecule has 0 amide bonds. The van der Waals surface area contributed by atoms with Gasteiger partial charge >= 0.3 is 5.97 Å². The molecule has 3 rings (SSSR count). The number of nitrogens with one attached hydrogen (secondary N) is 1. The van der Waals surface area contributed by atoms with Crippen molar-refractivity contribution >= 4 is 16.9 Å². The van der Waals surface area contributed by atoms with Crippen molar-refractivity contribution in [1.82, 2.24) is 14.9 Å². The van der Waals surface area contributed by atoms with Gasteiger partial charge in [-0.15, -0.1) is 0 Å². The first-order valence-corrected chi connectivity index (χ1v) is 7.54. The quantitative estimate of drug-likeness (QED) is 0.733. The monoisotopic (exact) mass is 309 g/mol. The molecular formula is C18H19N3O2. The Morgan fingerprint density at radius 1 is 1.30 bits per heavy atom. The second-order valence-electron chi connectivity index (χ2n) is 5.54. The largest absolute Gasteiger partial charge is 0.480 e. The number of aromatic nitrogens is 2. The Morgan fingerprint density at radius 3 is 2.83 bits per heavy atom. The number of carboxylic acids is 1. The van der Waals surface area contributed by atoms with E-state index in [-0.39, 0.29) is 0 Å². The lowest BCUT2D eigenvalue weighted by Gasteiger charge is -2.09. The van der Waals surface area contributed by atoms with Crippen molar-refractivity contribution in [2.24, 2.45) is 0 Å². The first-order chi connectivity index (χ1) is 11.2. The van der Waals surface area contributed by atoms with Gasteiger partial charge in [0.25, 0.3) is 0 Å². The maximum atomic E-state index is 11.3. The van der Waals surface area contributed by atoms with Crippen LogP contribution in [0.1, 0.15) is 11.1 Å². The molecule has 5 nitrogen and oxygen atoms in total. The van der Waals surface area contributed by atoms with Crippen molar-refractivity contribution in [2.75, 3.05) is 7.05 Å². The van der Waals surface area contributed by atoms with E-state index in [1.807, 2.05) is 42.7 Å². The molecule has 23 heavy (non-hydrogen) atoms. The highest BCUT2D eigenvalue weighted by molar-refractivity contribution is 5.85. The molecule has 0 bridgehead atoms. The molecule has 5 heteroatoms. The van der Waals surface area contributed by atoms with Crippen LogP contribution in [0.4, 0.5) is 0 Å². The summed E-state index contributed by atoms with van der Waals surface area (Å²) in [4.78, 5) is 15.4. The van der Waals surface area contributed by atoms with E-state index in [0.29, 0.717) is 13.0 Å². The summed E-state index contributed by atoms with van der Waals surface area (Å²) < 4.78 is 2.15. The standard InChI is InChI=1S/C18H19N3O2/c1-19-16(18(22)23)9-14-12-21(11-13-5-4-8-20-10-13)17-7-3-2-6-15(14)17/h2-8,10,12,16,19H,9,11H2,1H3,(H,22,23). The highest BCUT2D eigenvalue weighted by Gasteiger charge is 2.18. The molecule has 118 valence electrons. The Balaban J connectivity index is 1.98. The van der Waals surface area contributed by atoms with Crippen LogP contribution in [0.3, 0.4) is 0 Å². The molecule has 0 spiro atoms. The number of nitrogens with zero attached hydrogens (tertiary/aromatic N) is 2. The van der Waals surface area contributed by atoms with E-state index < -0.39 is 12.0 Å². The molecule has 0 saturated heterocycles. The topological polar surface area (TPSA) is 67.2 Å². The van der Waals surface area contributed by atoms with Crippen molar-refractivity contribution in [1.29, 1.82) is 0 Å². The lowest BCUT2D eigenvalue weighted by Crippen LogP contribution is -2.35. The molecule has 1 unspecified atom stereocenters. The van der Waals surface area contributed by atoms with Crippen LogP contribution < -0.4 is 5.32 Å². The Kier molecular flexibility index (Phi) is 4.39. The third-order valence-corrected chi connectivity index (χ3v) is 4.02. The summed E-state index contributed by atoms with van der Waals surface area (Å²) in [7, 11) is 1.67.